The third-order valence-corrected chi connectivity index (χ3v) is 3.01. The lowest BCUT2D eigenvalue weighted by Gasteiger charge is -2.28. The van der Waals surface area contributed by atoms with E-state index in [0.29, 0.717) is 13.0 Å². The molecule has 0 atom stereocenters. The second-order valence-electron chi connectivity index (χ2n) is 3.84. The minimum absolute atomic E-state index is 0.214. The number of nitrogens with zero attached hydrogens (tertiary/aromatic N) is 1. The van der Waals surface area contributed by atoms with Crippen LogP contribution in [-0.2, 0) is 24.3 Å². The second-order valence-corrected chi connectivity index (χ2v) is 3.84. The summed E-state index contributed by atoms with van der Waals surface area (Å²) in [6.07, 6.45) is 0.510. The van der Waals surface area contributed by atoms with Gasteiger partial charge in [-0.25, -0.2) is 0 Å². The average molecular weight is 204 g/mol. The summed E-state index contributed by atoms with van der Waals surface area (Å²) >= 11 is 0. The number of nitrogens with two attached hydrogens (primary N) is 1. The molecule has 15 heavy (non-hydrogen) atoms. The minimum atomic E-state index is 0.214. The van der Waals surface area contributed by atoms with Gasteiger partial charge in [0.25, 0.3) is 0 Å². The Labute approximate surface area is 89.9 Å². The maximum atomic E-state index is 11.7. The van der Waals surface area contributed by atoms with Gasteiger partial charge in [0.15, 0.2) is 0 Å². The van der Waals surface area contributed by atoms with Crippen molar-refractivity contribution in [3.63, 3.8) is 0 Å². The number of hydrogen-bond acceptors (Lipinski definition) is 2. The molecule has 2 N–H and O–H groups in total. The highest BCUT2D eigenvalue weighted by molar-refractivity contribution is 5.81. The average Bonchev–Trinajstić information content (AvgIpc) is 2.27. The fourth-order valence-corrected chi connectivity index (χ4v) is 2.10. The lowest BCUT2D eigenvalue weighted by atomic mass is 9.94. The zero-order chi connectivity index (χ0) is 10.8. The number of hydrogen-bond donors (Lipinski definition) is 1. The minimum Gasteiger partial charge on any atom is -0.338 e. The monoisotopic (exact) mass is 204 g/mol. The lowest BCUT2D eigenvalue weighted by molar-refractivity contribution is -0.131. The van der Waals surface area contributed by atoms with Crippen LogP contribution in [0.4, 0.5) is 0 Å². The van der Waals surface area contributed by atoms with Gasteiger partial charge in [-0.15, -0.1) is 0 Å². The van der Waals surface area contributed by atoms with Gasteiger partial charge in [0.1, 0.15) is 0 Å². The smallest absolute Gasteiger partial charge is 0.227 e. The summed E-state index contributed by atoms with van der Waals surface area (Å²) in [5, 5.41) is 0. The Morgan fingerprint density at radius 1 is 1.47 bits per heavy atom. The molecular formula is C12H16N2O. The first-order valence-corrected chi connectivity index (χ1v) is 5.33. The quantitative estimate of drug-likeness (QED) is 0.782. The molecular weight excluding hydrogens is 188 g/mol. The van der Waals surface area contributed by atoms with Crippen molar-refractivity contribution in [1.29, 1.82) is 0 Å². The van der Waals surface area contributed by atoms with Gasteiger partial charge in [0.05, 0.1) is 6.42 Å². The summed E-state index contributed by atoms with van der Waals surface area (Å²) in [4.78, 5) is 13.6. The summed E-state index contributed by atoms with van der Waals surface area (Å²) in [6, 6.07) is 6.11. The van der Waals surface area contributed by atoms with Crippen molar-refractivity contribution in [2.45, 2.75) is 26.4 Å². The van der Waals surface area contributed by atoms with Gasteiger partial charge in [-0.05, 0) is 23.6 Å². The van der Waals surface area contributed by atoms with Crippen LogP contribution in [0.15, 0.2) is 18.2 Å². The topological polar surface area (TPSA) is 46.3 Å². The van der Waals surface area contributed by atoms with Gasteiger partial charge in [0.2, 0.25) is 5.91 Å². The number of carbonyl (C=O) groups excluding carboxylic acids is 1. The van der Waals surface area contributed by atoms with Crippen LogP contribution in [0.25, 0.3) is 0 Å². The van der Waals surface area contributed by atoms with Crippen LogP contribution in [0.2, 0.25) is 0 Å². The molecule has 0 aliphatic carbocycles. The summed E-state index contributed by atoms with van der Waals surface area (Å²) in [5.41, 5.74) is 9.17. The first-order valence-electron chi connectivity index (χ1n) is 5.33. The predicted octanol–water partition coefficient (Wildman–Crippen LogP) is 1.05. The summed E-state index contributed by atoms with van der Waals surface area (Å²) < 4.78 is 0. The summed E-state index contributed by atoms with van der Waals surface area (Å²) in [7, 11) is 0. The number of likely N-dealkylation sites (N-methyl/N-ethyl adjacent to an activating group) is 1. The fourth-order valence-electron chi connectivity index (χ4n) is 2.10. The molecule has 0 spiro atoms. The molecule has 3 nitrogen and oxygen atoms in total. The van der Waals surface area contributed by atoms with E-state index in [1.807, 2.05) is 24.0 Å². The number of rotatable bonds is 2. The van der Waals surface area contributed by atoms with E-state index in [9.17, 15) is 4.79 Å². The molecule has 1 aliphatic heterocycles. The van der Waals surface area contributed by atoms with Gasteiger partial charge in [-0.3, -0.25) is 4.79 Å². The van der Waals surface area contributed by atoms with Crippen molar-refractivity contribution >= 4 is 5.91 Å². The van der Waals surface area contributed by atoms with Gasteiger partial charge in [-0.2, -0.15) is 0 Å². The highest BCUT2D eigenvalue weighted by Gasteiger charge is 2.22. The lowest BCUT2D eigenvalue weighted by Crippen LogP contribution is -2.36. The Morgan fingerprint density at radius 2 is 2.27 bits per heavy atom. The molecule has 2 rings (SSSR count). The molecule has 1 heterocycles. The fraction of sp³-hybridized carbons (Fsp3) is 0.417. The number of benzene rings is 1. The number of amides is 1. The Balaban J connectivity index is 2.39. The Kier molecular flexibility index (Phi) is 2.73. The Morgan fingerprint density at radius 3 is 2.93 bits per heavy atom. The predicted molar refractivity (Wildman–Crippen MR) is 59.1 cm³/mol. The molecule has 0 unspecified atom stereocenters. The standard InChI is InChI=1S/C12H16N2O/c1-2-14-8-10-5-3-4-9(7-13)11(10)6-12(14)15/h3-5H,2,6-8,13H2,1H3. The molecule has 1 amide bonds. The Bertz CT molecular complexity index is 387. The van der Waals surface area contributed by atoms with Crippen LogP contribution in [0.1, 0.15) is 23.6 Å². The molecule has 0 aromatic heterocycles. The second kappa shape index (κ2) is 4.03. The van der Waals surface area contributed by atoms with E-state index < -0.39 is 0 Å². The Hall–Kier alpha value is -1.35. The van der Waals surface area contributed by atoms with E-state index in [2.05, 4.69) is 6.07 Å². The SMILES string of the molecule is CCN1Cc2cccc(CN)c2CC1=O. The zero-order valence-corrected chi connectivity index (χ0v) is 8.99. The molecule has 1 aromatic carbocycles. The molecule has 0 bridgehead atoms. The van der Waals surface area contributed by atoms with Crippen molar-refractivity contribution in [2.24, 2.45) is 5.73 Å². The van der Waals surface area contributed by atoms with Gasteiger partial charge >= 0.3 is 0 Å². The highest BCUT2D eigenvalue weighted by Crippen LogP contribution is 2.22. The van der Waals surface area contributed by atoms with Crippen molar-refractivity contribution in [3.8, 4) is 0 Å². The normalized spacial score (nSPS) is 15.3. The van der Waals surface area contributed by atoms with Gasteiger partial charge in [0, 0.05) is 19.6 Å². The van der Waals surface area contributed by atoms with Crippen molar-refractivity contribution in [1.82, 2.24) is 4.90 Å². The van der Waals surface area contributed by atoms with Gasteiger partial charge in [-0.1, -0.05) is 18.2 Å². The highest BCUT2D eigenvalue weighted by atomic mass is 16.2. The number of fused-ring (bicyclic) bond motifs is 1. The van der Waals surface area contributed by atoms with E-state index in [-0.39, 0.29) is 5.91 Å². The molecule has 0 saturated carbocycles. The maximum absolute atomic E-state index is 11.7. The summed E-state index contributed by atoms with van der Waals surface area (Å²) in [6.45, 7) is 4.04. The van der Waals surface area contributed by atoms with Crippen molar-refractivity contribution in [3.05, 3.63) is 34.9 Å². The maximum Gasteiger partial charge on any atom is 0.227 e. The number of carbonyl (C=O) groups is 1. The van der Waals surface area contributed by atoms with E-state index in [1.165, 1.54) is 5.56 Å². The molecule has 0 radical (unpaired) electrons. The third kappa shape index (κ3) is 1.75. The van der Waals surface area contributed by atoms with Crippen LogP contribution in [0.3, 0.4) is 0 Å². The van der Waals surface area contributed by atoms with E-state index in [4.69, 9.17) is 5.73 Å². The van der Waals surface area contributed by atoms with Crippen molar-refractivity contribution < 1.29 is 4.79 Å². The molecule has 80 valence electrons. The van der Waals surface area contributed by atoms with E-state index in [0.717, 1.165) is 24.2 Å². The van der Waals surface area contributed by atoms with Crippen molar-refractivity contribution in [2.75, 3.05) is 6.54 Å². The first kappa shape index (κ1) is 10.2. The van der Waals surface area contributed by atoms with Crippen LogP contribution in [0.5, 0.6) is 0 Å². The zero-order valence-electron chi connectivity index (χ0n) is 8.99. The van der Waals surface area contributed by atoms with Crippen LogP contribution >= 0.6 is 0 Å². The molecule has 1 aliphatic rings. The molecule has 1 aromatic rings. The van der Waals surface area contributed by atoms with E-state index in [1.54, 1.807) is 0 Å². The molecule has 0 fully saturated rings. The largest absolute Gasteiger partial charge is 0.338 e. The van der Waals surface area contributed by atoms with Crippen LogP contribution in [-0.4, -0.2) is 17.4 Å². The first-order chi connectivity index (χ1) is 7.26. The van der Waals surface area contributed by atoms with Crippen LogP contribution < -0.4 is 5.73 Å². The van der Waals surface area contributed by atoms with Gasteiger partial charge < -0.3 is 10.6 Å². The third-order valence-electron chi connectivity index (χ3n) is 3.01. The van der Waals surface area contributed by atoms with Crippen LogP contribution in [0, 0.1) is 0 Å². The molecule has 0 saturated heterocycles. The van der Waals surface area contributed by atoms with E-state index >= 15 is 0 Å². The summed E-state index contributed by atoms with van der Waals surface area (Å²) in [5.74, 6) is 0.214. The molecule has 3 heteroatoms.